The van der Waals surface area contributed by atoms with Crippen molar-refractivity contribution >= 4 is 33.0 Å². The Kier molecular flexibility index (Phi) is 4.88. The molecule has 2 aromatic rings. The van der Waals surface area contributed by atoms with Gasteiger partial charge in [0.15, 0.2) is 5.78 Å². The van der Waals surface area contributed by atoms with Crippen molar-refractivity contribution in [2.45, 2.75) is 31.8 Å². The molecule has 0 radical (unpaired) electrons. The molecular formula is C17H18BrNOS. The summed E-state index contributed by atoms with van der Waals surface area (Å²) in [5.41, 5.74) is 0.802. The van der Waals surface area contributed by atoms with E-state index in [-0.39, 0.29) is 5.78 Å². The molecule has 0 spiro atoms. The Morgan fingerprint density at radius 2 is 2.14 bits per heavy atom. The molecule has 0 N–H and O–H groups in total. The van der Waals surface area contributed by atoms with Crippen LogP contribution in [0.1, 0.15) is 34.5 Å². The highest BCUT2D eigenvalue weighted by Gasteiger charge is 2.29. The number of thiophene rings is 1. The van der Waals surface area contributed by atoms with Gasteiger partial charge in [0.05, 0.1) is 0 Å². The standard InChI is InChI=1S/C17H18BrNOS/c18-14-4-1-3-13(11-14)17(20)8-9-19(15-6-7-15)12-16-5-2-10-21-16/h1-5,10-11,15H,6-9,12H2. The molecule has 1 aliphatic carbocycles. The first-order chi connectivity index (χ1) is 10.2. The minimum absolute atomic E-state index is 0.230. The van der Waals surface area contributed by atoms with Crippen molar-refractivity contribution in [2.24, 2.45) is 0 Å². The normalized spacial score (nSPS) is 14.6. The molecule has 4 heteroatoms. The topological polar surface area (TPSA) is 20.3 Å². The smallest absolute Gasteiger partial charge is 0.164 e. The molecule has 0 saturated heterocycles. The molecule has 21 heavy (non-hydrogen) atoms. The lowest BCUT2D eigenvalue weighted by atomic mass is 10.1. The number of hydrogen-bond donors (Lipinski definition) is 0. The molecule has 0 aliphatic heterocycles. The Balaban J connectivity index is 1.58. The largest absolute Gasteiger partial charge is 0.295 e. The van der Waals surface area contributed by atoms with Gasteiger partial charge in [0, 0.05) is 40.5 Å². The first-order valence-electron chi connectivity index (χ1n) is 7.27. The highest BCUT2D eigenvalue weighted by Crippen LogP contribution is 2.29. The van der Waals surface area contributed by atoms with Crippen molar-refractivity contribution in [3.05, 3.63) is 56.7 Å². The summed E-state index contributed by atoms with van der Waals surface area (Å²) in [6.07, 6.45) is 3.14. The summed E-state index contributed by atoms with van der Waals surface area (Å²) in [5, 5.41) is 2.12. The maximum absolute atomic E-state index is 12.3. The van der Waals surface area contributed by atoms with E-state index in [9.17, 15) is 4.79 Å². The van der Waals surface area contributed by atoms with Crippen LogP contribution < -0.4 is 0 Å². The van der Waals surface area contributed by atoms with E-state index >= 15 is 0 Å². The third kappa shape index (κ3) is 4.25. The third-order valence-corrected chi connectivity index (χ3v) is 5.13. The van der Waals surface area contributed by atoms with Crippen molar-refractivity contribution in [3.8, 4) is 0 Å². The summed E-state index contributed by atoms with van der Waals surface area (Å²) in [4.78, 5) is 16.1. The lowest BCUT2D eigenvalue weighted by Gasteiger charge is -2.20. The summed E-state index contributed by atoms with van der Waals surface area (Å²) in [7, 11) is 0. The zero-order valence-corrected chi connectivity index (χ0v) is 14.2. The highest BCUT2D eigenvalue weighted by molar-refractivity contribution is 9.10. The van der Waals surface area contributed by atoms with E-state index in [0.29, 0.717) is 12.5 Å². The minimum Gasteiger partial charge on any atom is -0.295 e. The third-order valence-electron chi connectivity index (χ3n) is 3.77. The number of halogens is 1. The van der Waals surface area contributed by atoms with Crippen LogP contribution in [0.4, 0.5) is 0 Å². The molecular weight excluding hydrogens is 346 g/mol. The van der Waals surface area contributed by atoms with Gasteiger partial charge in [0.1, 0.15) is 0 Å². The SMILES string of the molecule is O=C(CCN(Cc1cccs1)C1CC1)c1cccc(Br)c1. The van der Waals surface area contributed by atoms with E-state index in [0.717, 1.165) is 23.1 Å². The Labute approximate surface area is 137 Å². The quantitative estimate of drug-likeness (QED) is 0.661. The molecule has 1 aromatic carbocycles. The van der Waals surface area contributed by atoms with Crippen LogP contribution >= 0.6 is 27.3 Å². The molecule has 0 atom stereocenters. The van der Waals surface area contributed by atoms with Gasteiger partial charge in [-0.1, -0.05) is 34.1 Å². The molecule has 1 aromatic heterocycles. The van der Waals surface area contributed by atoms with Crippen LogP contribution in [0.5, 0.6) is 0 Å². The second-order valence-electron chi connectivity index (χ2n) is 5.46. The molecule has 3 rings (SSSR count). The molecule has 0 bridgehead atoms. The number of Topliss-reactive ketones (excluding diaryl/α,β-unsaturated/α-hetero) is 1. The summed E-state index contributed by atoms with van der Waals surface area (Å²) >= 11 is 5.22. The van der Waals surface area contributed by atoms with Crippen molar-refractivity contribution in [1.29, 1.82) is 0 Å². The lowest BCUT2D eigenvalue weighted by molar-refractivity contribution is 0.0960. The first kappa shape index (κ1) is 14.9. The zero-order chi connectivity index (χ0) is 14.7. The van der Waals surface area contributed by atoms with Gasteiger partial charge in [-0.25, -0.2) is 0 Å². The summed E-state index contributed by atoms with van der Waals surface area (Å²) in [5.74, 6) is 0.230. The average molecular weight is 364 g/mol. The predicted octanol–water partition coefficient (Wildman–Crippen LogP) is 4.75. The summed E-state index contributed by atoms with van der Waals surface area (Å²) in [6.45, 7) is 1.84. The maximum atomic E-state index is 12.3. The monoisotopic (exact) mass is 363 g/mol. The van der Waals surface area contributed by atoms with Crippen LogP contribution in [-0.4, -0.2) is 23.3 Å². The van der Waals surface area contributed by atoms with E-state index in [1.807, 2.05) is 24.3 Å². The van der Waals surface area contributed by atoms with Gasteiger partial charge < -0.3 is 0 Å². The predicted molar refractivity (Wildman–Crippen MR) is 90.8 cm³/mol. The number of nitrogens with zero attached hydrogens (tertiary/aromatic N) is 1. The van der Waals surface area contributed by atoms with Gasteiger partial charge in [0.25, 0.3) is 0 Å². The number of ketones is 1. The minimum atomic E-state index is 0.230. The second-order valence-corrected chi connectivity index (χ2v) is 7.41. The van der Waals surface area contributed by atoms with Gasteiger partial charge in [-0.05, 0) is 36.4 Å². The van der Waals surface area contributed by atoms with E-state index < -0.39 is 0 Å². The Morgan fingerprint density at radius 3 is 2.81 bits per heavy atom. The Hall–Kier alpha value is -0.970. The molecule has 0 amide bonds. The van der Waals surface area contributed by atoms with Crippen molar-refractivity contribution in [3.63, 3.8) is 0 Å². The Bertz CT molecular complexity index is 607. The van der Waals surface area contributed by atoms with Gasteiger partial charge in [-0.2, -0.15) is 0 Å². The van der Waals surface area contributed by atoms with Crippen LogP contribution in [0.15, 0.2) is 46.3 Å². The molecule has 1 aliphatic rings. The summed E-state index contributed by atoms with van der Waals surface area (Å²) in [6, 6.07) is 12.6. The van der Waals surface area contributed by atoms with Crippen LogP contribution in [0.2, 0.25) is 0 Å². The van der Waals surface area contributed by atoms with Crippen molar-refractivity contribution in [1.82, 2.24) is 4.90 Å². The fraction of sp³-hybridized carbons (Fsp3) is 0.353. The van der Waals surface area contributed by atoms with Crippen LogP contribution in [0.25, 0.3) is 0 Å². The molecule has 1 heterocycles. The number of carbonyl (C=O) groups is 1. The van der Waals surface area contributed by atoms with Crippen LogP contribution in [-0.2, 0) is 6.54 Å². The molecule has 0 unspecified atom stereocenters. The molecule has 2 nitrogen and oxygen atoms in total. The zero-order valence-electron chi connectivity index (χ0n) is 11.8. The van der Waals surface area contributed by atoms with E-state index in [2.05, 4.69) is 38.3 Å². The van der Waals surface area contributed by atoms with Crippen LogP contribution in [0.3, 0.4) is 0 Å². The Morgan fingerprint density at radius 1 is 1.29 bits per heavy atom. The van der Waals surface area contributed by atoms with E-state index in [1.54, 1.807) is 11.3 Å². The van der Waals surface area contributed by atoms with E-state index in [4.69, 9.17) is 0 Å². The fourth-order valence-corrected chi connectivity index (χ4v) is 3.61. The molecule has 1 saturated carbocycles. The molecule has 110 valence electrons. The number of carbonyl (C=O) groups excluding carboxylic acids is 1. The van der Waals surface area contributed by atoms with Crippen molar-refractivity contribution < 1.29 is 4.79 Å². The summed E-state index contributed by atoms with van der Waals surface area (Å²) < 4.78 is 0.964. The van der Waals surface area contributed by atoms with Gasteiger partial charge in [-0.3, -0.25) is 9.69 Å². The highest BCUT2D eigenvalue weighted by atomic mass is 79.9. The van der Waals surface area contributed by atoms with Gasteiger partial charge in [-0.15, -0.1) is 11.3 Å². The number of benzene rings is 1. The van der Waals surface area contributed by atoms with Gasteiger partial charge >= 0.3 is 0 Å². The number of rotatable bonds is 7. The fourth-order valence-electron chi connectivity index (χ4n) is 2.48. The number of hydrogen-bond acceptors (Lipinski definition) is 3. The average Bonchev–Trinajstić information content (AvgIpc) is 3.20. The molecule has 1 fully saturated rings. The van der Waals surface area contributed by atoms with Crippen LogP contribution in [0, 0.1) is 0 Å². The lowest BCUT2D eigenvalue weighted by Crippen LogP contribution is -2.27. The maximum Gasteiger partial charge on any atom is 0.164 e. The first-order valence-corrected chi connectivity index (χ1v) is 8.95. The van der Waals surface area contributed by atoms with E-state index in [1.165, 1.54) is 17.7 Å². The van der Waals surface area contributed by atoms with Crippen molar-refractivity contribution in [2.75, 3.05) is 6.54 Å². The van der Waals surface area contributed by atoms with Gasteiger partial charge in [0.2, 0.25) is 0 Å². The second kappa shape index (κ2) is 6.86.